The molecule has 2 unspecified atom stereocenters. The fourth-order valence-corrected chi connectivity index (χ4v) is 4.29. The van der Waals surface area contributed by atoms with E-state index in [1.165, 1.54) is 12.8 Å². The summed E-state index contributed by atoms with van der Waals surface area (Å²) in [7, 11) is 0. The van der Waals surface area contributed by atoms with Gasteiger partial charge in [0.1, 0.15) is 17.5 Å². The predicted octanol–water partition coefficient (Wildman–Crippen LogP) is 3.06. The summed E-state index contributed by atoms with van der Waals surface area (Å²) in [4.78, 5) is 23.4. The molecular formula is C22H25N5O3. The Morgan fingerprint density at radius 3 is 2.83 bits per heavy atom. The maximum absolute atomic E-state index is 12.9. The van der Waals surface area contributed by atoms with E-state index in [0.29, 0.717) is 43.8 Å². The Morgan fingerprint density at radius 2 is 2.03 bits per heavy atom. The molecule has 1 amide bonds. The molecule has 1 aliphatic heterocycles. The highest BCUT2D eigenvalue weighted by atomic mass is 16.5. The van der Waals surface area contributed by atoms with E-state index >= 15 is 0 Å². The van der Waals surface area contributed by atoms with Crippen molar-refractivity contribution >= 4 is 16.8 Å². The molecular weight excluding hydrogens is 382 g/mol. The van der Waals surface area contributed by atoms with E-state index in [-0.39, 0.29) is 12.0 Å². The van der Waals surface area contributed by atoms with E-state index in [1.807, 2.05) is 12.1 Å². The van der Waals surface area contributed by atoms with Crippen LogP contribution in [-0.4, -0.2) is 63.4 Å². The average Bonchev–Trinajstić information content (AvgIpc) is 3.41. The van der Waals surface area contributed by atoms with Crippen molar-refractivity contribution < 1.29 is 14.3 Å². The molecule has 2 aliphatic rings. The first-order valence-electron chi connectivity index (χ1n) is 10.5. The van der Waals surface area contributed by atoms with Gasteiger partial charge in [0.05, 0.1) is 24.1 Å². The molecule has 4 heterocycles. The molecule has 1 saturated heterocycles. The van der Waals surface area contributed by atoms with Crippen molar-refractivity contribution in [3.05, 3.63) is 36.3 Å². The number of nitrogens with one attached hydrogen (secondary N) is 1. The van der Waals surface area contributed by atoms with Crippen LogP contribution in [-0.2, 0) is 4.74 Å². The van der Waals surface area contributed by atoms with Crippen LogP contribution in [0.25, 0.3) is 22.2 Å². The van der Waals surface area contributed by atoms with Crippen molar-refractivity contribution in [3.8, 4) is 17.1 Å². The number of carbonyl (C=O) groups excluding carboxylic acids is 1. The summed E-state index contributed by atoms with van der Waals surface area (Å²) in [5.74, 6) is 1.01. The number of aromatic nitrogens is 4. The minimum absolute atomic E-state index is 0.0885. The summed E-state index contributed by atoms with van der Waals surface area (Å²) in [6, 6.07) is 5.54. The van der Waals surface area contributed by atoms with Gasteiger partial charge in [0.15, 0.2) is 0 Å². The van der Waals surface area contributed by atoms with Crippen LogP contribution in [0.5, 0.6) is 5.88 Å². The molecule has 3 aromatic rings. The van der Waals surface area contributed by atoms with Gasteiger partial charge in [0, 0.05) is 31.0 Å². The monoisotopic (exact) mass is 407 g/mol. The number of nitrogens with zero attached hydrogens (tertiary/aromatic N) is 4. The fourth-order valence-electron chi connectivity index (χ4n) is 4.29. The number of morpholine rings is 1. The van der Waals surface area contributed by atoms with Gasteiger partial charge in [-0.1, -0.05) is 6.92 Å². The van der Waals surface area contributed by atoms with Crippen molar-refractivity contribution in [2.45, 2.75) is 32.3 Å². The van der Waals surface area contributed by atoms with E-state index in [9.17, 15) is 4.79 Å². The molecule has 3 aromatic heterocycles. The molecule has 1 saturated carbocycles. The lowest BCUT2D eigenvalue weighted by atomic mass is 10.1. The van der Waals surface area contributed by atoms with Crippen LogP contribution in [0.2, 0.25) is 0 Å². The van der Waals surface area contributed by atoms with Crippen molar-refractivity contribution in [1.82, 2.24) is 25.1 Å². The molecule has 8 heteroatoms. The van der Waals surface area contributed by atoms with Crippen LogP contribution in [0, 0.1) is 5.92 Å². The maximum Gasteiger partial charge on any atom is 0.272 e. The van der Waals surface area contributed by atoms with Gasteiger partial charge in [-0.15, -0.1) is 0 Å². The summed E-state index contributed by atoms with van der Waals surface area (Å²) >= 11 is 0. The molecule has 0 radical (unpaired) electrons. The summed E-state index contributed by atoms with van der Waals surface area (Å²) < 4.78 is 11.7. The van der Waals surface area contributed by atoms with Crippen LogP contribution >= 0.6 is 0 Å². The van der Waals surface area contributed by atoms with Crippen LogP contribution in [0.3, 0.4) is 0 Å². The standard InChI is InChI=1S/C22H25N5O3/c1-14-3-2-4-18(14)30-21-19-16(6-8-24-21)25-26-20(19)15-5-7-23-17(13-15)22(28)27-9-11-29-12-10-27/h5-8,13-14,18H,2-4,9-12H2,1H3,(H,25,26). The van der Waals surface area contributed by atoms with Crippen molar-refractivity contribution in [2.24, 2.45) is 5.92 Å². The molecule has 1 N–H and O–H groups in total. The zero-order valence-electron chi connectivity index (χ0n) is 17.0. The maximum atomic E-state index is 12.9. The van der Waals surface area contributed by atoms with Crippen LogP contribution < -0.4 is 4.74 Å². The SMILES string of the molecule is CC1CCCC1Oc1nccc2[nH]nc(-c3ccnc(C(=O)N4CCOCC4)c3)c12. The molecule has 8 nitrogen and oxygen atoms in total. The van der Waals surface area contributed by atoms with Crippen LogP contribution in [0.4, 0.5) is 0 Å². The largest absolute Gasteiger partial charge is 0.474 e. The lowest BCUT2D eigenvalue weighted by molar-refractivity contribution is 0.0299. The number of amides is 1. The van der Waals surface area contributed by atoms with E-state index in [1.54, 1.807) is 23.4 Å². The van der Waals surface area contributed by atoms with Gasteiger partial charge < -0.3 is 14.4 Å². The summed E-state index contributed by atoms with van der Waals surface area (Å²) in [6.07, 6.45) is 6.95. The number of pyridine rings is 2. The second-order valence-electron chi connectivity index (χ2n) is 8.01. The molecule has 0 spiro atoms. The van der Waals surface area contributed by atoms with E-state index < -0.39 is 0 Å². The Kier molecular flexibility index (Phi) is 5.08. The van der Waals surface area contributed by atoms with Gasteiger partial charge in [0.25, 0.3) is 5.91 Å². The van der Waals surface area contributed by atoms with Gasteiger partial charge in [-0.25, -0.2) is 4.98 Å². The molecule has 2 atom stereocenters. The third-order valence-electron chi connectivity index (χ3n) is 6.04. The lowest BCUT2D eigenvalue weighted by Crippen LogP contribution is -2.41. The molecule has 2 fully saturated rings. The number of rotatable bonds is 4. The van der Waals surface area contributed by atoms with Gasteiger partial charge in [-0.2, -0.15) is 5.10 Å². The normalized spacial score (nSPS) is 21.8. The first-order valence-corrected chi connectivity index (χ1v) is 10.5. The average molecular weight is 407 g/mol. The van der Waals surface area contributed by atoms with Crippen molar-refractivity contribution in [3.63, 3.8) is 0 Å². The van der Waals surface area contributed by atoms with Gasteiger partial charge in [-0.3, -0.25) is 14.9 Å². The summed E-state index contributed by atoms with van der Waals surface area (Å²) in [5, 5.41) is 8.43. The summed E-state index contributed by atoms with van der Waals surface area (Å²) in [6.45, 7) is 4.50. The predicted molar refractivity (Wildman–Crippen MR) is 111 cm³/mol. The van der Waals surface area contributed by atoms with E-state index in [0.717, 1.165) is 28.6 Å². The molecule has 0 aromatic carbocycles. The number of hydrogen-bond acceptors (Lipinski definition) is 6. The minimum Gasteiger partial charge on any atom is -0.474 e. The topological polar surface area (TPSA) is 93.2 Å². The zero-order chi connectivity index (χ0) is 20.5. The first kappa shape index (κ1) is 19.0. The second-order valence-corrected chi connectivity index (χ2v) is 8.01. The van der Waals surface area contributed by atoms with E-state index in [4.69, 9.17) is 9.47 Å². The Labute approximate surface area is 174 Å². The number of H-pyrrole nitrogens is 1. The second kappa shape index (κ2) is 8.02. The highest BCUT2D eigenvalue weighted by molar-refractivity contribution is 5.98. The Bertz CT molecular complexity index is 1060. The molecule has 156 valence electrons. The minimum atomic E-state index is -0.0885. The van der Waals surface area contributed by atoms with Crippen LogP contribution in [0.15, 0.2) is 30.6 Å². The van der Waals surface area contributed by atoms with Gasteiger partial charge in [0.2, 0.25) is 5.88 Å². The van der Waals surface area contributed by atoms with Gasteiger partial charge >= 0.3 is 0 Å². The number of aromatic amines is 1. The third kappa shape index (κ3) is 3.52. The highest BCUT2D eigenvalue weighted by Gasteiger charge is 2.27. The number of ether oxygens (including phenoxy) is 2. The van der Waals surface area contributed by atoms with Gasteiger partial charge in [-0.05, 0) is 43.4 Å². The first-order chi connectivity index (χ1) is 14.7. The number of carbonyl (C=O) groups is 1. The highest BCUT2D eigenvalue weighted by Crippen LogP contribution is 2.35. The molecule has 1 aliphatic carbocycles. The Hall–Kier alpha value is -3.00. The molecule has 30 heavy (non-hydrogen) atoms. The van der Waals surface area contributed by atoms with Crippen molar-refractivity contribution in [1.29, 1.82) is 0 Å². The lowest BCUT2D eigenvalue weighted by Gasteiger charge is -2.26. The smallest absolute Gasteiger partial charge is 0.272 e. The van der Waals surface area contributed by atoms with E-state index in [2.05, 4.69) is 27.1 Å². The Morgan fingerprint density at radius 1 is 1.20 bits per heavy atom. The summed E-state index contributed by atoms with van der Waals surface area (Å²) in [5.41, 5.74) is 2.79. The Balaban J connectivity index is 1.49. The molecule has 5 rings (SSSR count). The molecule has 0 bridgehead atoms. The zero-order valence-corrected chi connectivity index (χ0v) is 17.0. The van der Waals surface area contributed by atoms with Crippen molar-refractivity contribution in [2.75, 3.05) is 26.3 Å². The third-order valence-corrected chi connectivity index (χ3v) is 6.04. The van der Waals surface area contributed by atoms with Crippen LogP contribution in [0.1, 0.15) is 36.7 Å². The fraction of sp³-hybridized carbons (Fsp3) is 0.455. The quantitative estimate of drug-likeness (QED) is 0.714. The number of hydrogen-bond donors (Lipinski definition) is 1. The number of fused-ring (bicyclic) bond motifs is 1.